The summed E-state index contributed by atoms with van der Waals surface area (Å²) in [5, 5.41) is 0.612. The van der Waals surface area contributed by atoms with E-state index in [1.165, 1.54) is 11.8 Å². The standard InChI is InChI=1S/C13H16N2O3S/c1-19-12-10(5-4-6-14-12)13(17)18-9-11(16)15-7-2-3-8-15/h4-6H,2-3,7-9H2,1H3. The molecular formula is C13H16N2O3S. The van der Waals surface area contributed by atoms with Gasteiger partial charge in [0.05, 0.1) is 5.56 Å². The van der Waals surface area contributed by atoms with Crippen molar-refractivity contribution in [3.05, 3.63) is 23.9 Å². The molecule has 1 amide bonds. The van der Waals surface area contributed by atoms with Gasteiger partial charge in [-0.1, -0.05) is 0 Å². The molecule has 1 saturated heterocycles. The van der Waals surface area contributed by atoms with Crippen LogP contribution in [0.1, 0.15) is 23.2 Å². The zero-order valence-corrected chi connectivity index (χ0v) is 11.6. The molecule has 0 N–H and O–H groups in total. The lowest BCUT2D eigenvalue weighted by Gasteiger charge is -2.15. The van der Waals surface area contributed by atoms with Crippen LogP contribution in [0.4, 0.5) is 0 Å². The van der Waals surface area contributed by atoms with Crippen molar-refractivity contribution in [1.82, 2.24) is 9.88 Å². The van der Waals surface area contributed by atoms with E-state index in [2.05, 4.69) is 4.98 Å². The number of hydrogen-bond acceptors (Lipinski definition) is 5. The zero-order chi connectivity index (χ0) is 13.7. The third kappa shape index (κ3) is 3.47. The van der Waals surface area contributed by atoms with E-state index in [1.807, 2.05) is 6.26 Å². The lowest BCUT2D eigenvalue weighted by Crippen LogP contribution is -2.32. The molecule has 0 atom stereocenters. The maximum atomic E-state index is 11.9. The minimum Gasteiger partial charge on any atom is -0.452 e. The highest BCUT2D eigenvalue weighted by molar-refractivity contribution is 7.98. The van der Waals surface area contributed by atoms with Crippen molar-refractivity contribution in [3.63, 3.8) is 0 Å². The summed E-state index contributed by atoms with van der Waals surface area (Å²) in [7, 11) is 0. The normalized spacial score (nSPS) is 14.5. The first-order valence-electron chi connectivity index (χ1n) is 6.16. The van der Waals surface area contributed by atoms with Crippen molar-refractivity contribution in [3.8, 4) is 0 Å². The van der Waals surface area contributed by atoms with Gasteiger partial charge in [0.25, 0.3) is 5.91 Å². The highest BCUT2D eigenvalue weighted by Crippen LogP contribution is 2.17. The highest BCUT2D eigenvalue weighted by atomic mass is 32.2. The molecular weight excluding hydrogens is 264 g/mol. The average molecular weight is 280 g/mol. The minimum absolute atomic E-state index is 0.125. The Hall–Kier alpha value is -1.56. The first-order chi connectivity index (χ1) is 9.22. The summed E-state index contributed by atoms with van der Waals surface area (Å²) < 4.78 is 5.06. The molecule has 0 spiro atoms. The number of ether oxygens (including phenoxy) is 1. The van der Waals surface area contributed by atoms with Crippen molar-refractivity contribution in [2.75, 3.05) is 26.0 Å². The molecule has 19 heavy (non-hydrogen) atoms. The molecule has 1 aromatic rings. The largest absolute Gasteiger partial charge is 0.452 e. The summed E-state index contributed by atoms with van der Waals surface area (Å²) in [6, 6.07) is 3.33. The molecule has 0 aliphatic carbocycles. The summed E-state index contributed by atoms with van der Waals surface area (Å²) in [5.74, 6) is -0.620. The van der Waals surface area contributed by atoms with Gasteiger partial charge in [-0.3, -0.25) is 4.79 Å². The van der Waals surface area contributed by atoms with E-state index in [9.17, 15) is 9.59 Å². The lowest BCUT2D eigenvalue weighted by molar-refractivity contribution is -0.133. The van der Waals surface area contributed by atoms with Gasteiger partial charge in [-0.05, 0) is 31.2 Å². The van der Waals surface area contributed by atoms with Crippen LogP contribution >= 0.6 is 11.8 Å². The molecule has 2 heterocycles. The monoisotopic (exact) mass is 280 g/mol. The predicted molar refractivity (Wildman–Crippen MR) is 72.1 cm³/mol. The molecule has 102 valence electrons. The minimum atomic E-state index is -0.495. The number of esters is 1. The number of carbonyl (C=O) groups is 2. The Bertz CT molecular complexity index is 473. The van der Waals surface area contributed by atoms with Gasteiger partial charge in [0, 0.05) is 19.3 Å². The van der Waals surface area contributed by atoms with Gasteiger partial charge in [-0.15, -0.1) is 11.8 Å². The van der Waals surface area contributed by atoms with E-state index in [-0.39, 0.29) is 12.5 Å². The second-order valence-electron chi connectivity index (χ2n) is 4.22. The van der Waals surface area contributed by atoms with Gasteiger partial charge in [0.1, 0.15) is 5.03 Å². The second kappa shape index (κ2) is 6.56. The Kier molecular flexibility index (Phi) is 4.79. The van der Waals surface area contributed by atoms with Crippen molar-refractivity contribution >= 4 is 23.6 Å². The van der Waals surface area contributed by atoms with Gasteiger partial charge >= 0.3 is 5.97 Å². The Balaban J connectivity index is 1.92. The number of hydrogen-bond donors (Lipinski definition) is 0. The summed E-state index contributed by atoms with van der Waals surface area (Å²) in [4.78, 5) is 29.5. The molecule has 5 nitrogen and oxygen atoms in total. The topological polar surface area (TPSA) is 59.5 Å². The van der Waals surface area contributed by atoms with Gasteiger partial charge in [0.15, 0.2) is 6.61 Å². The van der Waals surface area contributed by atoms with Crippen molar-refractivity contribution in [1.29, 1.82) is 0 Å². The van der Waals surface area contributed by atoms with E-state index in [0.29, 0.717) is 10.6 Å². The van der Waals surface area contributed by atoms with E-state index in [1.54, 1.807) is 23.2 Å². The van der Waals surface area contributed by atoms with E-state index in [4.69, 9.17) is 4.74 Å². The number of likely N-dealkylation sites (tertiary alicyclic amines) is 1. The van der Waals surface area contributed by atoms with Crippen LogP contribution in [0.5, 0.6) is 0 Å². The third-order valence-corrected chi connectivity index (χ3v) is 3.68. The summed E-state index contributed by atoms with van der Waals surface area (Å²) in [6.45, 7) is 1.33. The summed E-state index contributed by atoms with van der Waals surface area (Å²) in [6.07, 6.45) is 5.52. The average Bonchev–Trinajstić information content (AvgIpc) is 2.98. The molecule has 1 aliphatic heterocycles. The SMILES string of the molecule is CSc1ncccc1C(=O)OCC(=O)N1CCCC1. The van der Waals surface area contributed by atoms with Gasteiger partial charge in [-0.2, -0.15) is 0 Å². The zero-order valence-electron chi connectivity index (χ0n) is 10.8. The molecule has 1 fully saturated rings. The summed E-state index contributed by atoms with van der Waals surface area (Å²) in [5.41, 5.74) is 0.407. The summed E-state index contributed by atoms with van der Waals surface area (Å²) >= 11 is 1.38. The number of aromatic nitrogens is 1. The van der Waals surface area contributed by atoms with E-state index in [0.717, 1.165) is 25.9 Å². The number of pyridine rings is 1. The second-order valence-corrected chi connectivity index (χ2v) is 5.02. The fourth-order valence-electron chi connectivity index (χ4n) is 1.97. The lowest BCUT2D eigenvalue weighted by atomic mass is 10.3. The predicted octanol–water partition coefficient (Wildman–Crippen LogP) is 1.58. The Morgan fingerprint density at radius 3 is 2.84 bits per heavy atom. The first-order valence-corrected chi connectivity index (χ1v) is 7.38. The van der Waals surface area contributed by atoms with Crippen molar-refractivity contribution < 1.29 is 14.3 Å². The molecule has 2 rings (SSSR count). The Labute approximate surface area is 116 Å². The quantitative estimate of drug-likeness (QED) is 0.619. The Morgan fingerprint density at radius 2 is 2.16 bits per heavy atom. The first kappa shape index (κ1) is 13.9. The van der Waals surface area contributed by atoms with E-state index < -0.39 is 5.97 Å². The van der Waals surface area contributed by atoms with Gasteiger partial charge in [0.2, 0.25) is 0 Å². The molecule has 0 bridgehead atoms. The highest BCUT2D eigenvalue weighted by Gasteiger charge is 2.20. The van der Waals surface area contributed by atoms with Crippen molar-refractivity contribution in [2.24, 2.45) is 0 Å². The maximum absolute atomic E-state index is 11.9. The van der Waals surface area contributed by atoms with E-state index >= 15 is 0 Å². The van der Waals surface area contributed by atoms with Crippen LogP contribution in [0.3, 0.4) is 0 Å². The molecule has 6 heteroatoms. The number of amides is 1. The fraction of sp³-hybridized carbons (Fsp3) is 0.462. The van der Waals surface area contributed by atoms with Crippen LogP contribution in [0.2, 0.25) is 0 Å². The van der Waals surface area contributed by atoms with Crippen LogP contribution in [0.15, 0.2) is 23.4 Å². The van der Waals surface area contributed by atoms with Gasteiger partial charge in [-0.25, -0.2) is 9.78 Å². The van der Waals surface area contributed by atoms with Crippen LogP contribution in [0, 0.1) is 0 Å². The number of nitrogens with zero attached hydrogens (tertiary/aromatic N) is 2. The van der Waals surface area contributed by atoms with Crippen LogP contribution in [-0.2, 0) is 9.53 Å². The molecule has 0 unspecified atom stereocenters. The fourth-order valence-corrected chi connectivity index (χ4v) is 2.51. The number of thioether (sulfide) groups is 1. The van der Waals surface area contributed by atoms with Crippen molar-refractivity contribution in [2.45, 2.75) is 17.9 Å². The van der Waals surface area contributed by atoms with Gasteiger partial charge < -0.3 is 9.64 Å². The number of rotatable bonds is 4. The molecule has 1 aliphatic rings. The number of carbonyl (C=O) groups excluding carboxylic acids is 2. The molecule has 0 saturated carbocycles. The molecule has 1 aromatic heterocycles. The smallest absolute Gasteiger partial charge is 0.341 e. The van der Waals surface area contributed by atoms with Crippen LogP contribution < -0.4 is 0 Å². The Morgan fingerprint density at radius 1 is 1.42 bits per heavy atom. The van der Waals surface area contributed by atoms with Crippen LogP contribution in [-0.4, -0.2) is 47.7 Å². The maximum Gasteiger partial charge on any atom is 0.341 e. The molecule has 0 radical (unpaired) electrons. The molecule has 0 aromatic carbocycles. The third-order valence-electron chi connectivity index (χ3n) is 2.97. The van der Waals surface area contributed by atoms with Crippen LogP contribution in [0.25, 0.3) is 0 Å².